The van der Waals surface area contributed by atoms with Gasteiger partial charge in [0.2, 0.25) is 0 Å². The van der Waals surface area contributed by atoms with Gasteiger partial charge in [-0.15, -0.1) is 0 Å². The highest BCUT2D eigenvalue weighted by Gasteiger charge is 2.24. The van der Waals surface area contributed by atoms with Crippen LogP contribution in [-0.2, 0) is 9.53 Å². The fraction of sp³-hybridized carbons (Fsp3) is 0.889. The fourth-order valence-corrected chi connectivity index (χ4v) is 1.67. The van der Waals surface area contributed by atoms with Gasteiger partial charge in [0, 0.05) is 25.2 Å². The van der Waals surface area contributed by atoms with E-state index in [0.717, 1.165) is 19.5 Å². The Balaban J connectivity index is 2.31. The van der Waals surface area contributed by atoms with Crippen molar-refractivity contribution in [2.24, 2.45) is 5.73 Å². The Labute approximate surface area is 79.0 Å². The number of ether oxygens (including phenoxy) is 1. The van der Waals surface area contributed by atoms with Gasteiger partial charge < -0.3 is 10.5 Å². The quantitative estimate of drug-likeness (QED) is 0.629. The molecule has 1 saturated heterocycles. The zero-order valence-electron chi connectivity index (χ0n) is 8.32. The van der Waals surface area contributed by atoms with Crippen LogP contribution >= 0.6 is 0 Å². The maximum absolute atomic E-state index is 11.0. The van der Waals surface area contributed by atoms with Crippen molar-refractivity contribution in [3.05, 3.63) is 0 Å². The molecule has 76 valence electrons. The molecule has 0 aromatic rings. The molecule has 0 aliphatic carbocycles. The lowest BCUT2D eigenvalue weighted by molar-refractivity contribution is -0.141. The summed E-state index contributed by atoms with van der Waals surface area (Å²) in [5.41, 5.74) is 5.77. The van der Waals surface area contributed by atoms with Crippen molar-refractivity contribution in [2.45, 2.75) is 31.8 Å². The molecule has 0 amide bonds. The molecule has 1 unspecified atom stereocenters. The highest BCUT2D eigenvalue weighted by Crippen LogP contribution is 2.13. The minimum absolute atomic E-state index is 0.145. The lowest BCUT2D eigenvalue weighted by atomic mass is 10.2. The summed E-state index contributed by atoms with van der Waals surface area (Å²) in [6, 6.07) is 0.529. The van der Waals surface area contributed by atoms with Gasteiger partial charge in [0.25, 0.3) is 0 Å². The third-order valence-corrected chi connectivity index (χ3v) is 2.57. The zero-order chi connectivity index (χ0) is 9.84. The number of hydrogen-bond donors (Lipinski definition) is 1. The maximum atomic E-state index is 11.0. The predicted molar refractivity (Wildman–Crippen MR) is 50.3 cm³/mol. The number of nitrogens with two attached hydrogens (primary N) is 1. The zero-order valence-corrected chi connectivity index (χ0v) is 8.32. The smallest absolute Gasteiger partial charge is 0.307 e. The lowest BCUT2D eigenvalue weighted by Gasteiger charge is -2.22. The van der Waals surface area contributed by atoms with E-state index in [-0.39, 0.29) is 18.1 Å². The SMILES string of the molecule is COC(=O)CC(C)N1CC[C@@H](N)C1. The highest BCUT2D eigenvalue weighted by molar-refractivity contribution is 5.69. The van der Waals surface area contributed by atoms with E-state index >= 15 is 0 Å². The molecular weight excluding hydrogens is 168 g/mol. The van der Waals surface area contributed by atoms with E-state index in [4.69, 9.17) is 5.73 Å². The minimum atomic E-state index is -0.145. The minimum Gasteiger partial charge on any atom is -0.469 e. The van der Waals surface area contributed by atoms with Gasteiger partial charge in [0.15, 0.2) is 0 Å². The standard InChI is InChI=1S/C9H18N2O2/c1-7(5-9(12)13-2)11-4-3-8(10)6-11/h7-8H,3-6,10H2,1-2H3/t7?,8-/m1/s1. The van der Waals surface area contributed by atoms with Crippen LogP contribution in [0.4, 0.5) is 0 Å². The molecule has 1 fully saturated rings. The van der Waals surface area contributed by atoms with E-state index in [9.17, 15) is 4.79 Å². The summed E-state index contributed by atoms with van der Waals surface area (Å²) >= 11 is 0. The first kappa shape index (κ1) is 10.5. The van der Waals surface area contributed by atoms with E-state index in [1.165, 1.54) is 7.11 Å². The first-order chi connectivity index (χ1) is 6.13. The van der Waals surface area contributed by atoms with Crippen LogP contribution in [0.25, 0.3) is 0 Å². The molecule has 1 rings (SSSR count). The Bertz CT molecular complexity index is 184. The second kappa shape index (κ2) is 4.58. The third-order valence-electron chi connectivity index (χ3n) is 2.57. The number of nitrogens with zero attached hydrogens (tertiary/aromatic N) is 1. The van der Waals surface area contributed by atoms with E-state index in [1.54, 1.807) is 0 Å². The molecule has 0 radical (unpaired) electrons. The summed E-state index contributed by atoms with van der Waals surface area (Å²) in [4.78, 5) is 13.2. The molecule has 1 heterocycles. The van der Waals surface area contributed by atoms with Gasteiger partial charge >= 0.3 is 5.97 Å². The average Bonchev–Trinajstić information content (AvgIpc) is 2.51. The van der Waals surface area contributed by atoms with Crippen molar-refractivity contribution in [3.8, 4) is 0 Å². The van der Waals surface area contributed by atoms with Crippen molar-refractivity contribution in [2.75, 3.05) is 20.2 Å². The lowest BCUT2D eigenvalue weighted by Crippen LogP contribution is -2.35. The molecule has 2 N–H and O–H groups in total. The number of esters is 1. The topological polar surface area (TPSA) is 55.6 Å². The molecule has 0 aromatic heterocycles. The monoisotopic (exact) mass is 186 g/mol. The van der Waals surface area contributed by atoms with Crippen LogP contribution in [0.15, 0.2) is 0 Å². The Kier molecular flexibility index (Phi) is 3.69. The summed E-state index contributed by atoms with van der Waals surface area (Å²) < 4.78 is 4.61. The Morgan fingerprint density at radius 1 is 1.77 bits per heavy atom. The van der Waals surface area contributed by atoms with Crippen molar-refractivity contribution >= 4 is 5.97 Å². The molecule has 0 aromatic carbocycles. The average molecular weight is 186 g/mol. The van der Waals surface area contributed by atoms with Crippen molar-refractivity contribution < 1.29 is 9.53 Å². The van der Waals surface area contributed by atoms with Crippen LogP contribution in [0.3, 0.4) is 0 Å². The second-order valence-corrected chi connectivity index (χ2v) is 3.67. The molecule has 2 atom stereocenters. The normalized spacial score (nSPS) is 25.9. The van der Waals surface area contributed by atoms with Crippen molar-refractivity contribution in [1.29, 1.82) is 0 Å². The molecule has 0 saturated carbocycles. The molecule has 1 aliphatic rings. The molecule has 13 heavy (non-hydrogen) atoms. The number of rotatable bonds is 3. The van der Waals surface area contributed by atoms with Crippen LogP contribution in [0.1, 0.15) is 19.8 Å². The summed E-state index contributed by atoms with van der Waals surface area (Å²) in [6.07, 6.45) is 1.49. The first-order valence-corrected chi connectivity index (χ1v) is 4.70. The van der Waals surface area contributed by atoms with Crippen LogP contribution in [0.2, 0.25) is 0 Å². The molecule has 4 heteroatoms. The summed E-state index contributed by atoms with van der Waals surface area (Å²) in [5, 5.41) is 0. The third kappa shape index (κ3) is 2.97. The van der Waals surface area contributed by atoms with Crippen LogP contribution < -0.4 is 5.73 Å². The summed E-state index contributed by atoms with van der Waals surface area (Å²) in [6.45, 7) is 3.94. The van der Waals surface area contributed by atoms with Gasteiger partial charge in [0.1, 0.15) is 0 Å². The Morgan fingerprint density at radius 2 is 2.46 bits per heavy atom. The Hall–Kier alpha value is -0.610. The van der Waals surface area contributed by atoms with E-state index in [1.807, 2.05) is 6.92 Å². The van der Waals surface area contributed by atoms with E-state index in [2.05, 4.69) is 9.64 Å². The number of methoxy groups -OCH3 is 1. The van der Waals surface area contributed by atoms with Crippen LogP contribution in [0.5, 0.6) is 0 Å². The van der Waals surface area contributed by atoms with Gasteiger partial charge in [-0.05, 0) is 13.3 Å². The van der Waals surface area contributed by atoms with Gasteiger partial charge in [-0.2, -0.15) is 0 Å². The number of carbonyl (C=O) groups is 1. The highest BCUT2D eigenvalue weighted by atomic mass is 16.5. The van der Waals surface area contributed by atoms with Gasteiger partial charge in [0.05, 0.1) is 13.5 Å². The maximum Gasteiger partial charge on any atom is 0.307 e. The van der Waals surface area contributed by atoms with E-state index < -0.39 is 0 Å². The first-order valence-electron chi connectivity index (χ1n) is 4.70. The fourth-order valence-electron chi connectivity index (χ4n) is 1.67. The van der Waals surface area contributed by atoms with Gasteiger partial charge in [-0.1, -0.05) is 0 Å². The van der Waals surface area contributed by atoms with Crippen molar-refractivity contribution in [3.63, 3.8) is 0 Å². The number of hydrogen-bond acceptors (Lipinski definition) is 4. The van der Waals surface area contributed by atoms with Crippen LogP contribution in [-0.4, -0.2) is 43.2 Å². The van der Waals surface area contributed by atoms with Crippen LogP contribution in [0, 0.1) is 0 Å². The van der Waals surface area contributed by atoms with Gasteiger partial charge in [-0.3, -0.25) is 9.69 Å². The molecule has 1 aliphatic heterocycles. The van der Waals surface area contributed by atoms with Gasteiger partial charge in [-0.25, -0.2) is 0 Å². The molecular formula is C9H18N2O2. The molecule has 0 bridgehead atoms. The number of carbonyl (C=O) groups excluding carboxylic acids is 1. The number of likely N-dealkylation sites (tertiary alicyclic amines) is 1. The summed E-state index contributed by atoms with van der Waals surface area (Å²) in [5.74, 6) is -0.145. The summed E-state index contributed by atoms with van der Waals surface area (Å²) in [7, 11) is 1.42. The Morgan fingerprint density at radius 3 is 2.92 bits per heavy atom. The largest absolute Gasteiger partial charge is 0.469 e. The second-order valence-electron chi connectivity index (χ2n) is 3.67. The predicted octanol–water partition coefficient (Wildman–Crippen LogP) is -0.0290. The van der Waals surface area contributed by atoms with Crippen molar-refractivity contribution in [1.82, 2.24) is 4.90 Å². The molecule has 0 spiro atoms. The molecule has 4 nitrogen and oxygen atoms in total. The van der Waals surface area contributed by atoms with E-state index in [0.29, 0.717) is 6.42 Å².